The molecule has 4 nitrogen and oxygen atoms in total. The molecule has 0 amide bonds. The molecule has 0 fully saturated rings. The van der Waals surface area contributed by atoms with Crippen molar-refractivity contribution in [3.05, 3.63) is 45.2 Å². The lowest BCUT2D eigenvalue weighted by molar-refractivity contribution is 0.0524. The average molecular weight is 307 g/mol. The maximum absolute atomic E-state index is 14.0. The minimum absolute atomic E-state index is 0.0194. The summed E-state index contributed by atoms with van der Waals surface area (Å²) in [6.45, 7) is 3.67. The molecule has 116 valence electrons. The number of rotatable bonds is 2. The van der Waals surface area contributed by atoms with E-state index in [9.17, 15) is 18.4 Å². The number of carbonyl (C=O) groups is 1. The molecule has 0 radical (unpaired) electrons. The summed E-state index contributed by atoms with van der Waals surface area (Å²) in [6, 6.07) is 0.849. The number of nitrogens with zero attached hydrogens (tertiary/aromatic N) is 1. The van der Waals surface area contributed by atoms with E-state index < -0.39 is 23.0 Å². The maximum atomic E-state index is 14.0. The monoisotopic (exact) mass is 307 g/mol. The van der Waals surface area contributed by atoms with Crippen LogP contribution in [0.1, 0.15) is 42.2 Å². The van der Waals surface area contributed by atoms with Crippen LogP contribution >= 0.6 is 0 Å². The summed E-state index contributed by atoms with van der Waals surface area (Å²) in [5, 5.41) is 0.0194. The Bertz CT molecular complexity index is 842. The van der Waals surface area contributed by atoms with Crippen LogP contribution in [0.4, 0.5) is 8.78 Å². The van der Waals surface area contributed by atoms with Gasteiger partial charge in [-0.3, -0.25) is 4.79 Å². The highest BCUT2D eigenvalue weighted by Crippen LogP contribution is 2.32. The van der Waals surface area contributed by atoms with Gasteiger partial charge in [0.2, 0.25) is 5.43 Å². The number of hydrogen-bond acceptors (Lipinski definition) is 3. The van der Waals surface area contributed by atoms with E-state index in [1.54, 1.807) is 11.5 Å². The van der Waals surface area contributed by atoms with Crippen LogP contribution < -0.4 is 5.43 Å². The van der Waals surface area contributed by atoms with Gasteiger partial charge in [0, 0.05) is 23.2 Å². The Morgan fingerprint density at radius 2 is 2.18 bits per heavy atom. The van der Waals surface area contributed by atoms with Crippen molar-refractivity contribution in [1.82, 2.24) is 4.57 Å². The van der Waals surface area contributed by atoms with Crippen LogP contribution in [0.15, 0.2) is 17.1 Å². The van der Waals surface area contributed by atoms with Crippen molar-refractivity contribution in [1.29, 1.82) is 0 Å². The summed E-state index contributed by atoms with van der Waals surface area (Å²) in [7, 11) is 0. The van der Waals surface area contributed by atoms with Gasteiger partial charge in [0.1, 0.15) is 5.56 Å². The number of benzene rings is 1. The highest BCUT2D eigenvalue weighted by atomic mass is 19.2. The molecule has 0 saturated carbocycles. The van der Waals surface area contributed by atoms with Crippen molar-refractivity contribution in [3.63, 3.8) is 0 Å². The molecule has 1 unspecified atom stereocenters. The lowest BCUT2D eigenvalue weighted by atomic mass is 9.95. The van der Waals surface area contributed by atoms with Crippen LogP contribution in [0.2, 0.25) is 0 Å². The minimum atomic E-state index is -1.07. The fraction of sp³-hybridized carbons (Fsp3) is 0.375. The first kappa shape index (κ1) is 14.7. The molecule has 0 aliphatic carbocycles. The van der Waals surface area contributed by atoms with Crippen LogP contribution in [-0.4, -0.2) is 17.1 Å². The first-order chi connectivity index (χ1) is 10.5. The second kappa shape index (κ2) is 5.19. The van der Waals surface area contributed by atoms with E-state index in [-0.39, 0.29) is 29.2 Å². The molecule has 6 heteroatoms. The summed E-state index contributed by atoms with van der Waals surface area (Å²) in [6.07, 6.45) is 2.36. The predicted molar refractivity (Wildman–Crippen MR) is 77.1 cm³/mol. The van der Waals surface area contributed by atoms with Gasteiger partial charge in [-0.05, 0) is 32.8 Å². The molecule has 2 heterocycles. The summed E-state index contributed by atoms with van der Waals surface area (Å²) in [5.41, 5.74) is -0.213. The lowest BCUT2D eigenvalue weighted by Crippen LogP contribution is -2.25. The van der Waals surface area contributed by atoms with Gasteiger partial charge in [0.15, 0.2) is 11.6 Å². The van der Waals surface area contributed by atoms with E-state index in [4.69, 9.17) is 4.74 Å². The molecular weight excluding hydrogens is 292 g/mol. The van der Waals surface area contributed by atoms with Gasteiger partial charge in [-0.2, -0.15) is 0 Å². The number of carbonyl (C=O) groups excluding carboxylic acids is 1. The number of ether oxygens (including phenoxy) is 1. The zero-order valence-corrected chi connectivity index (χ0v) is 12.3. The highest BCUT2D eigenvalue weighted by Gasteiger charge is 2.27. The normalized spacial score (nSPS) is 16.8. The maximum Gasteiger partial charge on any atom is 0.343 e. The van der Waals surface area contributed by atoms with Crippen molar-refractivity contribution in [3.8, 4) is 0 Å². The van der Waals surface area contributed by atoms with Crippen LogP contribution in [0.3, 0.4) is 0 Å². The number of halogens is 2. The molecule has 3 rings (SSSR count). The number of pyridine rings is 1. The zero-order valence-electron chi connectivity index (χ0n) is 12.3. The molecule has 1 aliphatic heterocycles. The molecule has 2 aromatic rings. The Kier molecular flexibility index (Phi) is 3.47. The summed E-state index contributed by atoms with van der Waals surface area (Å²) in [5.74, 6) is -2.74. The SMILES string of the molecule is CCOC(=O)c1cn2c3c(c(F)c(F)cc3c1=O)CCC2C. The van der Waals surface area contributed by atoms with Gasteiger partial charge in [0.05, 0.1) is 12.1 Å². The summed E-state index contributed by atoms with van der Waals surface area (Å²) < 4.78 is 34.3. The van der Waals surface area contributed by atoms with E-state index in [0.717, 1.165) is 6.07 Å². The van der Waals surface area contributed by atoms with Gasteiger partial charge in [-0.1, -0.05) is 0 Å². The second-order valence-electron chi connectivity index (χ2n) is 5.43. The third-order valence-electron chi connectivity index (χ3n) is 4.08. The van der Waals surface area contributed by atoms with Crippen molar-refractivity contribution in [2.45, 2.75) is 32.7 Å². The fourth-order valence-electron chi connectivity index (χ4n) is 2.97. The van der Waals surface area contributed by atoms with Crippen LogP contribution in [-0.2, 0) is 11.2 Å². The third-order valence-corrected chi connectivity index (χ3v) is 4.08. The molecule has 1 aromatic heterocycles. The molecule has 0 bridgehead atoms. The first-order valence-electron chi connectivity index (χ1n) is 7.18. The summed E-state index contributed by atoms with van der Waals surface area (Å²) >= 11 is 0. The van der Waals surface area contributed by atoms with E-state index in [1.165, 1.54) is 6.20 Å². The quantitative estimate of drug-likeness (QED) is 0.801. The molecular formula is C16H15F2NO3. The first-order valence-corrected chi connectivity index (χ1v) is 7.18. The third kappa shape index (κ3) is 2.01. The smallest absolute Gasteiger partial charge is 0.343 e. The van der Waals surface area contributed by atoms with Crippen molar-refractivity contribution in [2.24, 2.45) is 0 Å². The van der Waals surface area contributed by atoms with Gasteiger partial charge in [-0.15, -0.1) is 0 Å². The minimum Gasteiger partial charge on any atom is -0.462 e. The molecule has 1 aliphatic rings. The van der Waals surface area contributed by atoms with Crippen molar-refractivity contribution >= 4 is 16.9 Å². The number of aryl methyl sites for hydroxylation is 1. The molecule has 22 heavy (non-hydrogen) atoms. The number of hydrogen-bond donors (Lipinski definition) is 0. The summed E-state index contributed by atoms with van der Waals surface area (Å²) in [4.78, 5) is 24.4. The van der Waals surface area contributed by atoms with Gasteiger partial charge < -0.3 is 9.30 Å². The Morgan fingerprint density at radius 3 is 2.86 bits per heavy atom. The Morgan fingerprint density at radius 1 is 1.45 bits per heavy atom. The average Bonchev–Trinajstić information content (AvgIpc) is 2.48. The molecule has 1 aromatic carbocycles. The standard InChI is InChI=1S/C16H15F2NO3/c1-3-22-16(21)11-7-19-8(2)4-5-9-13(18)12(17)6-10(14(9)19)15(11)20/h6-8H,3-5H2,1-2H3. The van der Waals surface area contributed by atoms with Crippen LogP contribution in [0.25, 0.3) is 10.9 Å². The Balaban J connectivity index is 2.42. The highest BCUT2D eigenvalue weighted by molar-refractivity contribution is 5.94. The fourth-order valence-corrected chi connectivity index (χ4v) is 2.97. The lowest BCUT2D eigenvalue weighted by Gasteiger charge is -2.26. The van der Waals surface area contributed by atoms with Crippen molar-refractivity contribution in [2.75, 3.05) is 6.61 Å². The van der Waals surface area contributed by atoms with Gasteiger partial charge in [0.25, 0.3) is 0 Å². The number of aromatic nitrogens is 1. The molecule has 1 atom stereocenters. The van der Waals surface area contributed by atoms with E-state index >= 15 is 0 Å². The molecule has 0 saturated heterocycles. The predicted octanol–water partition coefficient (Wildman–Crippen LogP) is 2.96. The molecule has 0 spiro atoms. The van der Waals surface area contributed by atoms with Gasteiger partial charge >= 0.3 is 5.97 Å². The van der Waals surface area contributed by atoms with Gasteiger partial charge in [-0.25, -0.2) is 13.6 Å². The zero-order chi connectivity index (χ0) is 16.0. The number of esters is 1. The van der Waals surface area contributed by atoms with E-state index in [2.05, 4.69) is 0 Å². The van der Waals surface area contributed by atoms with E-state index in [1.807, 2.05) is 6.92 Å². The molecule has 0 N–H and O–H groups in total. The largest absolute Gasteiger partial charge is 0.462 e. The Labute approximate surface area is 125 Å². The van der Waals surface area contributed by atoms with Crippen LogP contribution in [0, 0.1) is 11.6 Å². The van der Waals surface area contributed by atoms with Crippen molar-refractivity contribution < 1.29 is 18.3 Å². The van der Waals surface area contributed by atoms with E-state index in [0.29, 0.717) is 18.4 Å². The second-order valence-corrected chi connectivity index (χ2v) is 5.43. The topological polar surface area (TPSA) is 48.3 Å². The Hall–Kier alpha value is -2.24. The van der Waals surface area contributed by atoms with Crippen LogP contribution in [0.5, 0.6) is 0 Å².